The van der Waals surface area contributed by atoms with Gasteiger partial charge in [0.1, 0.15) is 0 Å². The van der Waals surface area contributed by atoms with Gasteiger partial charge in [-0.2, -0.15) is 0 Å². The van der Waals surface area contributed by atoms with Crippen molar-refractivity contribution in [2.45, 2.75) is 58.4 Å². The maximum absolute atomic E-state index is 4.67. The first-order chi connectivity index (χ1) is 5.74. The van der Waals surface area contributed by atoms with Gasteiger partial charge in [-0.3, -0.25) is 0 Å². The van der Waals surface area contributed by atoms with Crippen molar-refractivity contribution < 1.29 is 0 Å². The summed E-state index contributed by atoms with van der Waals surface area (Å²) in [5.41, 5.74) is 0.0950. The molecule has 0 aromatic heterocycles. The highest BCUT2D eigenvalue weighted by molar-refractivity contribution is 7.78. The molecule has 70 valence electrons. The molecule has 0 bridgehead atoms. The largest absolute Gasteiger partial charge is 0.226 e. The molecular weight excluding hydrogens is 166 g/mol. The van der Waals surface area contributed by atoms with E-state index in [9.17, 15) is 0 Å². The van der Waals surface area contributed by atoms with Crippen LogP contribution in [-0.2, 0) is 0 Å². The van der Waals surface area contributed by atoms with E-state index in [1.807, 2.05) is 0 Å². The number of hydrogen-bond acceptors (Lipinski definition) is 2. The molecule has 0 unspecified atom stereocenters. The minimum Gasteiger partial charge on any atom is -0.226 e. The standard InChI is InChI=1S/C10H19NS/c1-4-7-8-10(5-2,6-3)11-9-12/h4-8H2,1-3H3. The zero-order chi connectivity index (χ0) is 9.45. The Labute approximate surface area is 81.3 Å². The van der Waals surface area contributed by atoms with Crippen LogP contribution < -0.4 is 0 Å². The smallest absolute Gasteiger partial charge is 0.0705 e. The molecule has 1 nitrogen and oxygen atoms in total. The third-order valence-electron chi connectivity index (χ3n) is 2.59. The highest BCUT2D eigenvalue weighted by Gasteiger charge is 2.23. The van der Waals surface area contributed by atoms with Gasteiger partial charge < -0.3 is 0 Å². The summed E-state index contributed by atoms with van der Waals surface area (Å²) in [6.07, 6.45) is 5.78. The molecule has 0 atom stereocenters. The van der Waals surface area contributed by atoms with Crippen LogP contribution in [0, 0.1) is 0 Å². The van der Waals surface area contributed by atoms with Crippen LogP contribution in [0.25, 0.3) is 0 Å². The molecule has 0 aliphatic carbocycles. The molecule has 0 fully saturated rings. The summed E-state index contributed by atoms with van der Waals surface area (Å²) in [5, 5.41) is 2.53. The molecule has 0 aromatic carbocycles. The zero-order valence-electron chi connectivity index (χ0n) is 8.39. The summed E-state index contributed by atoms with van der Waals surface area (Å²) >= 11 is 4.67. The van der Waals surface area contributed by atoms with E-state index in [0.717, 1.165) is 19.3 Å². The average Bonchev–Trinajstić information content (AvgIpc) is 2.13. The minimum absolute atomic E-state index is 0.0950. The first-order valence-electron chi connectivity index (χ1n) is 4.83. The average molecular weight is 185 g/mol. The van der Waals surface area contributed by atoms with E-state index >= 15 is 0 Å². The third-order valence-corrected chi connectivity index (χ3v) is 2.69. The molecule has 0 rings (SSSR count). The van der Waals surface area contributed by atoms with Gasteiger partial charge in [0.25, 0.3) is 0 Å². The maximum atomic E-state index is 4.67. The highest BCUT2D eigenvalue weighted by Crippen LogP contribution is 2.26. The van der Waals surface area contributed by atoms with Crippen molar-refractivity contribution in [1.82, 2.24) is 0 Å². The molecule has 0 aliphatic rings. The Kier molecular flexibility index (Phi) is 6.23. The quantitative estimate of drug-likeness (QED) is 0.452. The predicted molar refractivity (Wildman–Crippen MR) is 57.9 cm³/mol. The Morgan fingerprint density at radius 2 is 1.83 bits per heavy atom. The number of isothiocyanates is 1. The lowest BCUT2D eigenvalue weighted by molar-refractivity contribution is 0.361. The fraction of sp³-hybridized carbons (Fsp3) is 0.900. The van der Waals surface area contributed by atoms with Crippen molar-refractivity contribution in [3.63, 3.8) is 0 Å². The fourth-order valence-electron chi connectivity index (χ4n) is 1.42. The van der Waals surface area contributed by atoms with Crippen molar-refractivity contribution in [1.29, 1.82) is 0 Å². The van der Waals surface area contributed by atoms with E-state index in [4.69, 9.17) is 0 Å². The monoisotopic (exact) mass is 185 g/mol. The first kappa shape index (κ1) is 11.8. The molecule has 0 saturated heterocycles. The SMILES string of the molecule is CCCCC(CC)(CC)N=C=S. The minimum atomic E-state index is 0.0950. The fourth-order valence-corrected chi connectivity index (χ4v) is 1.61. The van der Waals surface area contributed by atoms with Gasteiger partial charge in [0.2, 0.25) is 0 Å². The van der Waals surface area contributed by atoms with Gasteiger partial charge in [-0.15, -0.1) is 0 Å². The lowest BCUT2D eigenvalue weighted by atomic mass is 9.88. The normalized spacial score (nSPS) is 10.9. The number of unbranched alkanes of at least 4 members (excludes halogenated alkanes) is 1. The number of aliphatic imine (C=N–C) groups is 1. The van der Waals surface area contributed by atoms with E-state index < -0.39 is 0 Å². The Bertz CT molecular complexity index is 155. The van der Waals surface area contributed by atoms with Gasteiger partial charge in [0, 0.05) is 0 Å². The lowest BCUT2D eigenvalue weighted by Crippen LogP contribution is -2.23. The maximum Gasteiger partial charge on any atom is 0.0705 e. The first-order valence-corrected chi connectivity index (χ1v) is 5.24. The summed E-state index contributed by atoms with van der Waals surface area (Å²) in [6, 6.07) is 0. The number of rotatable bonds is 6. The zero-order valence-corrected chi connectivity index (χ0v) is 9.21. The van der Waals surface area contributed by atoms with Crippen LogP contribution in [0.15, 0.2) is 4.99 Å². The Morgan fingerprint density at radius 1 is 1.25 bits per heavy atom. The second-order valence-corrected chi connectivity index (χ2v) is 3.42. The van der Waals surface area contributed by atoms with Crippen molar-refractivity contribution in [2.75, 3.05) is 0 Å². The van der Waals surface area contributed by atoms with Gasteiger partial charge in [0.05, 0.1) is 10.7 Å². The summed E-state index contributed by atoms with van der Waals surface area (Å²) in [4.78, 5) is 4.29. The molecule has 0 amide bonds. The van der Waals surface area contributed by atoms with Crippen LogP contribution >= 0.6 is 12.2 Å². The lowest BCUT2D eigenvalue weighted by Gasteiger charge is -2.25. The van der Waals surface area contributed by atoms with Gasteiger partial charge >= 0.3 is 0 Å². The van der Waals surface area contributed by atoms with Crippen molar-refractivity contribution in [3.8, 4) is 0 Å². The van der Waals surface area contributed by atoms with Crippen LogP contribution in [-0.4, -0.2) is 10.7 Å². The molecule has 0 saturated carbocycles. The molecule has 0 aliphatic heterocycles. The molecule has 2 heteroatoms. The van der Waals surface area contributed by atoms with E-state index in [-0.39, 0.29) is 5.54 Å². The Morgan fingerprint density at radius 3 is 2.17 bits per heavy atom. The van der Waals surface area contributed by atoms with E-state index in [0.29, 0.717) is 0 Å². The second-order valence-electron chi connectivity index (χ2n) is 3.24. The van der Waals surface area contributed by atoms with Crippen LogP contribution in [0.5, 0.6) is 0 Å². The molecule has 0 aromatic rings. The topological polar surface area (TPSA) is 12.4 Å². The Hall–Kier alpha value is -0.200. The van der Waals surface area contributed by atoms with Crippen molar-refractivity contribution in [3.05, 3.63) is 0 Å². The van der Waals surface area contributed by atoms with E-state index in [1.165, 1.54) is 12.8 Å². The highest BCUT2D eigenvalue weighted by atomic mass is 32.1. The molecule has 0 spiro atoms. The van der Waals surface area contributed by atoms with Crippen LogP contribution in [0.3, 0.4) is 0 Å². The van der Waals surface area contributed by atoms with Crippen LogP contribution in [0.1, 0.15) is 52.9 Å². The van der Waals surface area contributed by atoms with Gasteiger partial charge in [-0.25, -0.2) is 4.99 Å². The van der Waals surface area contributed by atoms with Crippen LogP contribution in [0.4, 0.5) is 0 Å². The molecule has 12 heavy (non-hydrogen) atoms. The summed E-state index contributed by atoms with van der Waals surface area (Å²) in [7, 11) is 0. The molecular formula is C10H19NS. The summed E-state index contributed by atoms with van der Waals surface area (Å²) in [5.74, 6) is 0. The summed E-state index contributed by atoms with van der Waals surface area (Å²) in [6.45, 7) is 6.56. The van der Waals surface area contributed by atoms with E-state index in [1.54, 1.807) is 0 Å². The number of hydrogen-bond donors (Lipinski definition) is 0. The second kappa shape index (κ2) is 6.33. The Balaban J connectivity index is 4.24. The van der Waals surface area contributed by atoms with Gasteiger partial charge in [-0.1, -0.05) is 33.6 Å². The van der Waals surface area contributed by atoms with Crippen LogP contribution in [0.2, 0.25) is 0 Å². The third kappa shape index (κ3) is 3.46. The molecule has 0 N–H and O–H groups in total. The number of nitrogens with zero attached hydrogens (tertiary/aromatic N) is 1. The molecule has 0 heterocycles. The van der Waals surface area contributed by atoms with Crippen molar-refractivity contribution >= 4 is 17.4 Å². The van der Waals surface area contributed by atoms with Crippen molar-refractivity contribution in [2.24, 2.45) is 4.99 Å². The predicted octanol–water partition coefficient (Wildman–Crippen LogP) is 3.84. The van der Waals surface area contributed by atoms with Gasteiger partial charge in [0.15, 0.2) is 0 Å². The van der Waals surface area contributed by atoms with E-state index in [2.05, 4.69) is 43.1 Å². The van der Waals surface area contributed by atoms with Gasteiger partial charge in [-0.05, 0) is 31.5 Å². The molecule has 0 radical (unpaired) electrons. The summed E-state index contributed by atoms with van der Waals surface area (Å²) < 4.78 is 0. The number of thiocarbonyl (C=S) groups is 1.